The summed E-state index contributed by atoms with van der Waals surface area (Å²) in [6.45, 7) is 5.79. The van der Waals surface area contributed by atoms with Gasteiger partial charge in [-0.1, -0.05) is 18.2 Å². The van der Waals surface area contributed by atoms with E-state index in [0.29, 0.717) is 6.54 Å². The first-order chi connectivity index (χ1) is 14.2. The minimum atomic E-state index is -0.122. The zero-order valence-corrected chi connectivity index (χ0v) is 17.3. The van der Waals surface area contributed by atoms with Crippen LogP contribution in [-0.4, -0.2) is 85.5 Å². The molecule has 1 N–H and O–H groups in total. The molecule has 3 aliphatic rings. The van der Waals surface area contributed by atoms with E-state index in [4.69, 9.17) is 0 Å². The second-order valence-corrected chi connectivity index (χ2v) is 8.37. The summed E-state index contributed by atoms with van der Waals surface area (Å²) in [5.74, 6) is 1.25. The Hall–Kier alpha value is -2.15. The smallest absolute Gasteiger partial charge is 0.236 e. The van der Waals surface area contributed by atoms with Crippen LogP contribution >= 0.6 is 0 Å². The molecule has 1 saturated carbocycles. The SMILES string of the molecule is CN=C(NC1CC1c1ccccc1F)N1CCN(CC(=O)N2CCCCC2)CC1. The number of carbonyl (C=O) groups is 1. The fraction of sp³-hybridized carbons (Fsp3) is 0.636. The summed E-state index contributed by atoms with van der Waals surface area (Å²) in [4.78, 5) is 23.5. The van der Waals surface area contributed by atoms with Crippen molar-refractivity contribution >= 4 is 11.9 Å². The number of rotatable bonds is 4. The van der Waals surface area contributed by atoms with Crippen molar-refractivity contribution in [1.29, 1.82) is 0 Å². The Labute approximate surface area is 172 Å². The molecular weight excluding hydrogens is 369 g/mol. The second-order valence-electron chi connectivity index (χ2n) is 8.37. The topological polar surface area (TPSA) is 51.2 Å². The molecule has 2 saturated heterocycles. The van der Waals surface area contributed by atoms with Gasteiger partial charge in [0.25, 0.3) is 0 Å². The first-order valence-corrected chi connectivity index (χ1v) is 10.9. The summed E-state index contributed by atoms with van der Waals surface area (Å²) < 4.78 is 14.0. The number of halogens is 1. The third-order valence-corrected chi connectivity index (χ3v) is 6.36. The van der Waals surface area contributed by atoms with Gasteiger partial charge in [-0.15, -0.1) is 0 Å². The molecule has 2 atom stereocenters. The van der Waals surface area contributed by atoms with E-state index in [-0.39, 0.29) is 23.7 Å². The number of nitrogens with one attached hydrogen (secondary N) is 1. The van der Waals surface area contributed by atoms with E-state index >= 15 is 0 Å². The molecule has 3 fully saturated rings. The Morgan fingerprint density at radius 3 is 2.48 bits per heavy atom. The number of nitrogens with zero attached hydrogens (tertiary/aromatic N) is 4. The Bertz CT molecular complexity index is 740. The molecule has 7 heteroatoms. The van der Waals surface area contributed by atoms with Crippen LogP contribution < -0.4 is 5.32 Å². The molecule has 4 rings (SSSR count). The summed E-state index contributed by atoms with van der Waals surface area (Å²) in [6, 6.07) is 7.28. The summed E-state index contributed by atoms with van der Waals surface area (Å²) in [6.07, 6.45) is 4.45. The minimum Gasteiger partial charge on any atom is -0.353 e. The maximum Gasteiger partial charge on any atom is 0.236 e. The zero-order valence-electron chi connectivity index (χ0n) is 17.3. The second kappa shape index (κ2) is 9.11. The lowest BCUT2D eigenvalue weighted by atomic mass is 10.1. The van der Waals surface area contributed by atoms with Gasteiger partial charge in [-0.2, -0.15) is 0 Å². The molecule has 0 bridgehead atoms. The molecule has 0 radical (unpaired) electrons. The highest BCUT2D eigenvalue weighted by Crippen LogP contribution is 2.41. The highest BCUT2D eigenvalue weighted by molar-refractivity contribution is 5.81. The molecule has 1 aromatic rings. The van der Waals surface area contributed by atoms with Gasteiger partial charge in [-0.3, -0.25) is 14.7 Å². The third-order valence-electron chi connectivity index (χ3n) is 6.36. The van der Waals surface area contributed by atoms with Crippen molar-refractivity contribution in [2.45, 2.75) is 37.6 Å². The van der Waals surface area contributed by atoms with E-state index in [1.807, 2.05) is 17.0 Å². The van der Waals surface area contributed by atoms with Gasteiger partial charge in [0.1, 0.15) is 5.82 Å². The van der Waals surface area contributed by atoms with Crippen molar-refractivity contribution in [3.05, 3.63) is 35.6 Å². The molecular formula is C22H32FN5O. The third kappa shape index (κ3) is 4.89. The van der Waals surface area contributed by atoms with Crippen LogP contribution in [0.5, 0.6) is 0 Å². The van der Waals surface area contributed by atoms with Gasteiger partial charge >= 0.3 is 0 Å². The van der Waals surface area contributed by atoms with E-state index in [1.165, 1.54) is 12.5 Å². The number of guanidine groups is 1. The standard InChI is InChI=1S/C22H32FN5O/c1-24-22(25-20-15-18(20)17-7-3-4-8-19(17)23)28-13-11-26(12-14-28)16-21(29)27-9-5-2-6-10-27/h3-4,7-8,18,20H,2,5-6,9-16H2,1H3,(H,24,25). The molecule has 0 spiro atoms. The van der Waals surface area contributed by atoms with Gasteiger partial charge < -0.3 is 15.1 Å². The van der Waals surface area contributed by atoms with E-state index in [1.54, 1.807) is 13.1 Å². The first kappa shape index (κ1) is 20.1. The quantitative estimate of drug-likeness (QED) is 0.618. The molecule has 158 valence electrons. The van der Waals surface area contributed by atoms with Crippen molar-refractivity contribution in [2.75, 3.05) is 52.9 Å². The number of likely N-dealkylation sites (tertiary alicyclic amines) is 1. The molecule has 2 heterocycles. The molecule has 1 amide bonds. The highest BCUT2D eigenvalue weighted by Gasteiger charge is 2.41. The first-order valence-electron chi connectivity index (χ1n) is 10.9. The largest absolute Gasteiger partial charge is 0.353 e. The maximum absolute atomic E-state index is 14.0. The summed E-state index contributed by atoms with van der Waals surface area (Å²) in [5.41, 5.74) is 0.793. The van der Waals surface area contributed by atoms with Crippen LogP contribution in [0.1, 0.15) is 37.2 Å². The van der Waals surface area contributed by atoms with Gasteiger partial charge in [0, 0.05) is 58.3 Å². The van der Waals surface area contributed by atoms with E-state index in [0.717, 1.165) is 70.1 Å². The Morgan fingerprint density at radius 1 is 1.07 bits per heavy atom. The number of piperazine rings is 1. The lowest BCUT2D eigenvalue weighted by molar-refractivity contribution is -0.133. The fourth-order valence-electron chi connectivity index (χ4n) is 4.49. The maximum atomic E-state index is 14.0. The number of piperidine rings is 1. The van der Waals surface area contributed by atoms with Gasteiger partial charge in [0.05, 0.1) is 6.54 Å². The number of benzene rings is 1. The van der Waals surface area contributed by atoms with Crippen LogP contribution in [0.4, 0.5) is 4.39 Å². The van der Waals surface area contributed by atoms with E-state index in [2.05, 4.69) is 20.1 Å². The molecule has 2 unspecified atom stereocenters. The summed E-state index contributed by atoms with van der Waals surface area (Å²) >= 11 is 0. The average molecular weight is 402 g/mol. The predicted molar refractivity (Wildman–Crippen MR) is 112 cm³/mol. The summed E-state index contributed by atoms with van der Waals surface area (Å²) in [5, 5.41) is 3.51. The van der Waals surface area contributed by atoms with E-state index < -0.39 is 0 Å². The van der Waals surface area contributed by atoms with Gasteiger partial charge in [0.2, 0.25) is 5.91 Å². The lowest BCUT2D eigenvalue weighted by Gasteiger charge is -2.37. The van der Waals surface area contributed by atoms with E-state index in [9.17, 15) is 9.18 Å². The fourth-order valence-corrected chi connectivity index (χ4v) is 4.49. The van der Waals surface area contributed by atoms with Gasteiger partial charge in [-0.05, 0) is 37.3 Å². The minimum absolute atomic E-state index is 0.122. The number of hydrogen-bond acceptors (Lipinski definition) is 3. The van der Waals surface area contributed by atoms with Crippen LogP contribution in [-0.2, 0) is 4.79 Å². The number of carbonyl (C=O) groups excluding carboxylic acids is 1. The number of amides is 1. The highest BCUT2D eigenvalue weighted by atomic mass is 19.1. The van der Waals surface area contributed by atoms with Crippen LogP contribution in [0.2, 0.25) is 0 Å². The van der Waals surface area contributed by atoms with Crippen molar-refractivity contribution in [3.63, 3.8) is 0 Å². The summed E-state index contributed by atoms with van der Waals surface area (Å²) in [7, 11) is 1.80. The zero-order chi connectivity index (χ0) is 20.2. The average Bonchev–Trinajstić information content (AvgIpc) is 3.52. The van der Waals surface area contributed by atoms with Crippen molar-refractivity contribution in [2.24, 2.45) is 4.99 Å². The molecule has 0 aromatic heterocycles. The van der Waals surface area contributed by atoms with Crippen LogP contribution in [0, 0.1) is 5.82 Å². The molecule has 29 heavy (non-hydrogen) atoms. The predicted octanol–water partition coefficient (Wildman–Crippen LogP) is 1.89. The van der Waals surface area contributed by atoms with Crippen LogP contribution in [0.15, 0.2) is 29.3 Å². The monoisotopic (exact) mass is 401 g/mol. The van der Waals surface area contributed by atoms with Gasteiger partial charge in [-0.25, -0.2) is 4.39 Å². The molecule has 6 nitrogen and oxygen atoms in total. The van der Waals surface area contributed by atoms with Crippen LogP contribution in [0.25, 0.3) is 0 Å². The Kier molecular flexibility index (Phi) is 6.33. The molecule has 1 aromatic carbocycles. The molecule has 1 aliphatic carbocycles. The number of aliphatic imine (C=N–C) groups is 1. The Morgan fingerprint density at radius 2 is 1.79 bits per heavy atom. The van der Waals surface area contributed by atoms with Gasteiger partial charge in [0.15, 0.2) is 5.96 Å². The van der Waals surface area contributed by atoms with Crippen molar-refractivity contribution < 1.29 is 9.18 Å². The van der Waals surface area contributed by atoms with Crippen molar-refractivity contribution in [3.8, 4) is 0 Å². The van der Waals surface area contributed by atoms with Crippen LogP contribution in [0.3, 0.4) is 0 Å². The van der Waals surface area contributed by atoms with Crippen molar-refractivity contribution in [1.82, 2.24) is 20.0 Å². The lowest BCUT2D eigenvalue weighted by Crippen LogP contribution is -2.54. The molecule has 2 aliphatic heterocycles. The normalized spacial score (nSPS) is 25.8. The Balaban J connectivity index is 1.23. The number of hydrogen-bond donors (Lipinski definition) is 1.